The smallest absolute Gasteiger partial charge is 0.308 e. The second kappa shape index (κ2) is 11.1. The Balaban J connectivity index is 2.34. The third kappa shape index (κ3) is 7.60. The molecule has 0 unspecified atom stereocenters. The van der Waals surface area contributed by atoms with Gasteiger partial charge < -0.3 is 9.16 Å². The Kier molecular flexibility index (Phi) is 9.04. The van der Waals surface area contributed by atoms with Crippen molar-refractivity contribution in [1.29, 1.82) is 0 Å². The number of ether oxygens (including phenoxy) is 1. The van der Waals surface area contributed by atoms with Crippen molar-refractivity contribution in [3.63, 3.8) is 0 Å². The molecule has 5 heteroatoms. The minimum absolute atomic E-state index is 0.0358. The maximum absolute atomic E-state index is 12.3. The van der Waals surface area contributed by atoms with Gasteiger partial charge in [0.15, 0.2) is 8.32 Å². The summed E-state index contributed by atoms with van der Waals surface area (Å²) in [7, 11) is -0.628. The topological polar surface area (TPSA) is 38.8 Å². The van der Waals surface area contributed by atoms with Crippen molar-refractivity contribution in [2.75, 3.05) is 7.11 Å². The number of benzene rings is 2. The first-order valence-corrected chi connectivity index (χ1v) is 14.0. The van der Waals surface area contributed by atoms with Crippen molar-refractivity contribution in [3.05, 3.63) is 71.8 Å². The summed E-state index contributed by atoms with van der Waals surface area (Å²) < 4.78 is 11.8. The molecule has 2 aromatic carbocycles. The van der Waals surface area contributed by atoms with Crippen LogP contribution < -0.4 is 0 Å². The third-order valence-corrected chi connectivity index (χ3v) is 10.9. The van der Waals surface area contributed by atoms with Crippen LogP contribution >= 0.6 is 0 Å². The number of carbonyl (C=O) groups is 1. The highest BCUT2D eigenvalue weighted by atomic mass is 28.4. The van der Waals surface area contributed by atoms with E-state index in [0.29, 0.717) is 0 Å². The quantitative estimate of drug-likeness (QED) is 0.333. The Labute approximate surface area is 189 Å². The summed E-state index contributed by atoms with van der Waals surface area (Å²) in [5.41, 5.74) is 2.49. The second-order valence-electron chi connectivity index (χ2n) is 9.81. The molecular weight excluding hydrogens is 402 g/mol. The fourth-order valence-corrected chi connectivity index (χ4v) is 4.72. The predicted octanol–water partition coefficient (Wildman–Crippen LogP) is 6.03. The fraction of sp³-hybridized carbons (Fsp3) is 0.500. The molecule has 0 heterocycles. The van der Waals surface area contributed by atoms with Gasteiger partial charge in [-0.25, -0.2) is 0 Å². The molecular formula is C26H39NO3Si. The van der Waals surface area contributed by atoms with Crippen molar-refractivity contribution in [1.82, 2.24) is 4.90 Å². The highest BCUT2D eigenvalue weighted by molar-refractivity contribution is 6.74. The van der Waals surface area contributed by atoms with Gasteiger partial charge in [0.25, 0.3) is 0 Å². The number of rotatable bonds is 10. The van der Waals surface area contributed by atoms with Gasteiger partial charge in [-0.05, 0) is 36.2 Å². The zero-order chi connectivity index (χ0) is 23.1. The number of carbonyl (C=O) groups excluding carboxylic acids is 1. The molecule has 0 aliphatic rings. The van der Waals surface area contributed by atoms with Crippen molar-refractivity contribution in [2.24, 2.45) is 0 Å². The first-order chi connectivity index (χ1) is 14.5. The minimum Gasteiger partial charge on any atom is -0.469 e. The van der Waals surface area contributed by atoms with Crippen molar-refractivity contribution in [2.45, 2.75) is 77.5 Å². The number of methoxy groups -OCH3 is 1. The molecule has 0 spiro atoms. The lowest BCUT2D eigenvalue weighted by Crippen LogP contribution is -2.51. The molecule has 4 nitrogen and oxygen atoms in total. The Bertz CT molecular complexity index is 761. The van der Waals surface area contributed by atoms with E-state index < -0.39 is 8.32 Å². The molecule has 0 aliphatic carbocycles. The molecule has 0 fully saturated rings. The van der Waals surface area contributed by atoms with Gasteiger partial charge >= 0.3 is 5.97 Å². The van der Waals surface area contributed by atoms with Crippen molar-refractivity contribution in [3.8, 4) is 0 Å². The van der Waals surface area contributed by atoms with E-state index in [1.807, 2.05) is 12.1 Å². The van der Waals surface area contributed by atoms with Gasteiger partial charge in [0.05, 0.1) is 19.6 Å². The van der Waals surface area contributed by atoms with Crippen LogP contribution in [0.5, 0.6) is 0 Å². The summed E-state index contributed by atoms with van der Waals surface area (Å²) in [4.78, 5) is 14.7. The van der Waals surface area contributed by atoms with Crippen molar-refractivity contribution >= 4 is 14.3 Å². The molecule has 0 bridgehead atoms. The van der Waals surface area contributed by atoms with Crippen LogP contribution in [0.4, 0.5) is 0 Å². The van der Waals surface area contributed by atoms with E-state index in [1.54, 1.807) is 0 Å². The van der Waals surface area contributed by atoms with Crippen LogP contribution in [0, 0.1) is 0 Å². The van der Waals surface area contributed by atoms with E-state index in [1.165, 1.54) is 18.2 Å². The molecule has 0 N–H and O–H groups in total. The highest BCUT2D eigenvalue weighted by Crippen LogP contribution is 2.38. The van der Waals surface area contributed by atoms with Crippen LogP contribution in [0.1, 0.15) is 45.2 Å². The predicted molar refractivity (Wildman–Crippen MR) is 130 cm³/mol. The average molecular weight is 442 g/mol. The van der Waals surface area contributed by atoms with Gasteiger partial charge in [0, 0.05) is 19.1 Å². The van der Waals surface area contributed by atoms with E-state index in [2.05, 4.69) is 94.2 Å². The molecule has 0 radical (unpaired) electrons. The third-order valence-electron chi connectivity index (χ3n) is 6.42. The first kappa shape index (κ1) is 25.3. The second-order valence-corrected chi connectivity index (χ2v) is 14.6. The number of hydrogen-bond donors (Lipinski definition) is 0. The summed E-state index contributed by atoms with van der Waals surface area (Å²) in [5, 5.41) is 0.0603. The molecule has 2 rings (SSSR count). The lowest BCUT2D eigenvalue weighted by molar-refractivity contribution is -0.143. The largest absolute Gasteiger partial charge is 0.469 e. The van der Waals surface area contributed by atoms with Gasteiger partial charge in [0.2, 0.25) is 0 Å². The molecule has 170 valence electrons. The van der Waals surface area contributed by atoms with E-state index in [4.69, 9.17) is 9.16 Å². The molecule has 0 saturated carbocycles. The molecule has 2 aromatic rings. The molecule has 2 atom stereocenters. The zero-order valence-electron chi connectivity index (χ0n) is 20.2. The van der Waals surface area contributed by atoms with E-state index >= 15 is 0 Å². The summed E-state index contributed by atoms with van der Waals surface area (Å²) in [6.45, 7) is 14.9. The molecule has 0 aromatic heterocycles. The first-order valence-electron chi connectivity index (χ1n) is 11.1. The number of nitrogens with zero attached hydrogens (tertiary/aromatic N) is 1. The van der Waals surface area contributed by atoms with E-state index in [9.17, 15) is 4.79 Å². The standard InChI is InChI=1S/C26H39NO3Si/c1-21(24(18-25(28)29-5)30-31(6,7)26(2,3)4)27(19-22-14-10-8-11-15-22)20-23-16-12-9-13-17-23/h8-17,21,24H,18-20H2,1-7H3/t21-,24+/m0/s1. The molecule has 0 aliphatic heterocycles. The van der Waals surface area contributed by atoms with E-state index in [-0.39, 0.29) is 29.6 Å². The Morgan fingerprint density at radius 3 is 1.77 bits per heavy atom. The van der Waals surface area contributed by atoms with Crippen LogP contribution in [0.15, 0.2) is 60.7 Å². The van der Waals surface area contributed by atoms with Crippen LogP contribution in [-0.2, 0) is 27.0 Å². The van der Waals surface area contributed by atoms with E-state index in [0.717, 1.165) is 13.1 Å². The van der Waals surface area contributed by atoms with Crippen molar-refractivity contribution < 1.29 is 14.0 Å². The normalized spacial score (nSPS) is 14.3. The average Bonchev–Trinajstić information content (AvgIpc) is 2.72. The Morgan fingerprint density at radius 2 is 1.39 bits per heavy atom. The van der Waals surface area contributed by atoms with Gasteiger partial charge in [-0.2, -0.15) is 0 Å². The van der Waals surface area contributed by atoms with Crippen LogP contribution in [0.25, 0.3) is 0 Å². The summed E-state index contributed by atoms with van der Waals surface area (Å²) in [6, 6.07) is 21.0. The summed E-state index contributed by atoms with van der Waals surface area (Å²) in [5.74, 6) is -0.227. The van der Waals surface area contributed by atoms with Gasteiger partial charge in [0.1, 0.15) is 0 Å². The number of esters is 1. The van der Waals surface area contributed by atoms with Crippen LogP contribution in [-0.4, -0.2) is 38.4 Å². The maximum Gasteiger partial charge on any atom is 0.308 e. The minimum atomic E-state index is -2.07. The summed E-state index contributed by atoms with van der Waals surface area (Å²) in [6.07, 6.45) is 0.0188. The van der Waals surface area contributed by atoms with Crippen LogP contribution in [0.3, 0.4) is 0 Å². The summed E-state index contributed by atoms with van der Waals surface area (Å²) >= 11 is 0. The van der Waals surface area contributed by atoms with Gasteiger partial charge in [-0.1, -0.05) is 81.4 Å². The molecule has 31 heavy (non-hydrogen) atoms. The van der Waals surface area contributed by atoms with Gasteiger partial charge in [-0.15, -0.1) is 0 Å². The molecule has 0 amide bonds. The number of hydrogen-bond acceptors (Lipinski definition) is 4. The maximum atomic E-state index is 12.3. The zero-order valence-corrected chi connectivity index (χ0v) is 21.2. The fourth-order valence-electron chi connectivity index (χ4n) is 3.33. The Hall–Kier alpha value is -1.95. The molecule has 0 saturated heterocycles. The SMILES string of the molecule is COC(=O)C[C@@H](O[Si](C)(C)C(C)(C)C)[C@H](C)N(Cc1ccccc1)Cc1ccccc1. The Morgan fingerprint density at radius 1 is 0.935 bits per heavy atom. The lowest BCUT2D eigenvalue weighted by Gasteiger charge is -2.43. The van der Waals surface area contributed by atoms with Crippen LogP contribution in [0.2, 0.25) is 18.1 Å². The lowest BCUT2D eigenvalue weighted by atomic mass is 10.1. The monoisotopic (exact) mass is 441 g/mol. The van der Waals surface area contributed by atoms with Gasteiger partial charge in [-0.3, -0.25) is 9.69 Å². The highest BCUT2D eigenvalue weighted by Gasteiger charge is 2.41.